The van der Waals surface area contributed by atoms with Gasteiger partial charge >= 0.3 is 0 Å². The summed E-state index contributed by atoms with van der Waals surface area (Å²) in [6.45, 7) is 2.53. The van der Waals surface area contributed by atoms with Crippen LogP contribution in [-0.4, -0.2) is 54.8 Å². The van der Waals surface area contributed by atoms with Gasteiger partial charge in [0.1, 0.15) is 11.9 Å². The molecule has 1 saturated heterocycles. The molecule has 0 aromatic heterocycles. The summed E-state index contributed by atoms with van der Waals surface area (Å²) in [6.07, 6.45) is 0.342. The minimum Gasteiger partial charge on any atom is -0.368 e. The van der Waals surface area contributed by atoms with Gasteiger partial charge in [-0.3, -0.25) is 9.59 Å². The quantitative estimate of drug-likeness (QED) is 0.818. The number of fused-ring (bicyclic) bond motifs is 1. The van der Waals surface area contributed by atoms with Crippen molar-refractivity contribution in [2.75, 3.05) is 38.1 Å². The van der Waals surface area contributed by atoms with Crippen molar-refractivity contribution in [1.82, 2.24) is 9.80 Å². The van der Waals surface area contributed by atoms with Crippen molar-refractivity contribution in [2.45, 2.75) is 12.5 Å². The fourth-order valence-electron chi connectivity index (χ4n) is 3.91. The summed E-state index contributed by atoms with van der Waals surface area (Å²) in [6, 6.07) is 13.5. The van der Waals surface area contributed by atoms with Gasteiger partial charge in [-0.2, -0.15) is 0 Å². The van der Waals surface area contributed by atoms with Gasteiger partial charge in [0.15, 0.2) is 0 Å². The van der Waals surface area contributed by atoms with Gasteiger partial charge in [0.2, 0.25) is 11.8 Å². The Labute approximate surface area is 158 Å². The van der Waals surface area contributed by atoms with Crippen molar-refractivity contribution in [3.05, 3.63) is 65.5 Å². The molecule has 0 aliphatic carbocycles. The van der Waals surface area contributed by atoms with Crippen LogP contribution in [0.25, 0.3) is 0 Å². The van der Waals surface area contributed by atoms with Gasteiger partial charge < -0.3 is 14.7 Å². The van der Waals surface area contributed by atoms with Crippen molar-refractivity contribution in [3.63, 3.8) is 0 Å². The van der Waals surface area contributed by atoms with Crippen LogP contribution in [0.2, 0.25) is 0 Å². The topological polar surface area (TPSA) is 43.9 Å². The van der Waals surface area contributed by atoms with E-state index in [0.717, 1.165) is 16.8 Å². The van der Waals surface area contributed by atoms with Crippen LogP contribution < -0.4 is 4.90 Å². The molecule has 1 atom stereocenters. The van der Waals surface area contributed by atoms with Crippen molar-refractivity contribution in [2.24, 2.45) is 0 Å². The van der Waals surface area contributed by atoms with Gasteiger partial charge in [-0.15, -0.1) is 0 Å². The molecule has 27 heavy (non-hydrogen) atoms. The number of rotatable bonds is 2. The third-order valence-electron chi connectivity index (χ3n) is 5.49. The summed E-state index contributed by atoms with van der Waals surface area (Å²) >= 11 is 0. The zero-order valence-electron chi connectivity index (χ0n) is 15.3. The second kappa shape index (κ2) is 7.02. The minimum absolute atomic E-state index is 0.0306. The van der Waals surface area contributed by atoms with E-state index in [1.54, 1.807) is 24.1 Å². The molecule has 2 aromatic carbocycles. The monoisotopic (exact) mass is 367 g/mol. The lowest BCUT2D eigenvalue weighted by atomic mass is 9.91. The Morgan fingerprint density at radius 3 is 2.37 bits per heavy atom. The second-order valence-corrected chi connectivity index (χ2v) is 7.07. The molecule has 2 heterocycles. The van der Waals surface area contributed by atoms with Crippen molar-refractivity contribution in [3.8, 4) is 0 Å². The summed E-state index contributed by atoms with van der Waals surface area (Å²) in [5.41, 5.74) is 2.81. The van der Waals surface area contributed by atoms with Gasteiger partial charge in [0.25, 0.3) is 0 Å². The molecule has 0 saturated carbocycles. The first-order valence-corrected chi connectivity index (χ1v) is 9.17. The van der Waals surface area contributed by atoms with Crippen LogP contribution >= 0.6 is 0 Å². The number of carbonyl (C=O) groups excluding carboxylic acids is 2. The lowest BCUT2D eigenvalue weighted by Gasteiger charge is -2.40. The fourth-order valence-corrected chi connectivity index (χ4v) is 3.91. The van der Waals surface area contributed by atoms with E-state index in [1.807, 2.05) is 29.2 Å². The van der Waals surface area contributed by atoms with E-state index in [9.17, 15) is 14.0 Å². The van der Waals surface area contributed by atoms with E-state index in [-0.39, 0.29) is 17.6 Å². The van der Waals surface area contributed by atoms with Crippen molar-refractivity contribution >= 4 is 17.5 Å². The zero-order valence-corrected chi connectivity index (χ0v) is 15.3. The lowest BCUT2D eigenvalue weighted by Crippen LogP contribution is -2.53. The van der Waals surface area contributed by atoms with Crippen LogP contribution in [-0.2, 0) is 16.0 Å². The zero-order chi connectivity index (χ0) is 19.0. The number of hydrogen-bond donors (Lipinski definition) is 0. The van der Waals surface area contributed by atoms with Gasteiger partial charge in [-0.1, -0.05) is 24.3 Å². The van der Waals surface area contributed by atoms with Crippen LogP contribution in [0.4, 0.5) is 10.1 Å². The smallest absolute Gasteiger partial charge is 0.250 e. The Balaban J connectivity index is 1.49. The van der Waals surface area contributed by atoms with E-state index in [0.29, 0.717) is 32.6 Å². The molecule has 5 nitrogen and oxygen atoms in total. The van der Waals surface area contributed by atoms with Gasteiger partial charge in [-0.05, 0) is 35.4 Å². The standard InChI is InChI=1S/C21H22FN3O2/c1-23-19(26)14-15-4-2-3-5-18(15)20(23)21(27)25-12-10-24(11-13-25)17-8-6-16(22)7-9-17/h2-9,20H,10-14H2,1H3. The van der Waals surface area contributed by atoms with Crippen LogP contribution in [0, 0.1) is 5.82 Å². The molecule has 1 fully saturated rings. The number of benzene rings is 2. The summed E-state index contributed by atoms with van der Waals surface area (Å²) in [5.74, 6) is -0.315. The highest BCUT2D eigenvalue weighted by Crippen LogP contribution is 2.31. The minimum atomic E-state index is -0.556. The normalized spacial score (nSPS) is 19.9. The average molecular weight is 367 g/mol. The molecule has 2 amide bonds. The number of halogens is 1. The fraction of sp³-hybridized carbons (Fsp3) is 0.333. The summed E-state index contributed by atoms with van der Waals surface area (Å²) in [4.78, 5) is 31.1. The maximum absolute atomic E-state index is 13.2. The summed E-state index contributed by atoms with van der Waals surface area (Å²) in [5, 5.41) is 0. The number of hydrogen-bond acceptors (Lipinski definition) is 3. The highest BCUT2D eigenvalue weighted by molar-refractivity contribution is 5.92. The predicted molar refractivity (Wildman–Crippen MR) is 101 cm³/mol. The Hall–Kier alpha value is -2.89. The molecular formula is C21H22FN3O2. The van der Waals surface area contributed by atoms with Gasteiger partial charge in [0.05, 0.1) is 6.42 Å². The molecule has 0 bridgehead atoms. The number of amides is 2. The van der Waals surface area contributed by atoms with E-state index in [4.69, 9.17) is 0 Å². The number of piperazine rings is 1. The van der Waals surface area contributed by atoms with E-state index < -0.39 is 6.04 Å². The van der Waals surface area contributed by atoms with Crippen LogP contribution in [0.1, 0.15) is 17.2 Å². The van der Waals surface area contributed by atoms with Crippen LogP contribution in [0.15, 0.2) is 48.5 Å². The van der Waals surface area contributed by atoms with Crippen molar-refractivity contribution < 1.29 is 14.0 Å². The first-order valence-electron chi connectivity index (χ1n) is 9.17. The molecule has 1 unspecified atom stereocenters. The third-order valence-corrected chi connectivity index (χ3v) is 5.49. The molecule has 2 aliphatic rings. The lowest BCUT2D eigenvalue weighted by molar-refractivity contribution is -0.145. The Morgan fingerprint density at radius 1 is 1.00 bits per heavy atom. The first-order chi connectivity index (χ1) is 13.0. The number of carbonyl (C=O) groups is 2. The molecule has 140 valence electrons. The summed E-state index contributed by atoms with van der Waals surface area (Å²) in [7, 11) is 1.70. The van der Waals surface area contributed by atoms with Crippen LogP contribution in [0.5, 0.6) is 0 Å². The van der Waals surface area contributed by atoms with Crippen molar-refractivity contribution in [1.29, 1.82) is 0 Å². The number of likely N-dealkylation sites (N-methyl/N-ethyl adjacent to an activating group) is 1. The Morgan fingerprint density at radius 2 is 1.67 bits per heavy atom. The average Bonchev–Trinajstić information content (AvgIpc) is 2.69. The molecule has 6 heteroatoms. The molecular weight excluding hydrogens is 345 g/mol. The number of anilines is 1. The first kappa shape index (κ1) is 17.5. The molecule has 0 N–H and O–H groups in total. The van der Waals surface area contributed by atoms with E-state index in [1.165, 1.54) is 12.1 Å². The SMILES string of the molecule is CN1C(=O)Cc2ccccc2C1C(=O)N1CCN(c2ccc(F)cc2)CC1. The van der Waals surface area contributed by atoms with Crippen LogP contribution in [0.3, 0.4) is 0 Å². The second-order valence-electron chi connectivity index (χ2n) is 7.07. The van der Waals surface area contributed by atoms with E-state index >= 15 is 0 Å². The molecule has 0 radical (unpaired) electrons. The van der Waals surface area contributed by atoms with E-state index in [2.05, 4.69) is 4.90 Å². The highest BCUT2D eigenvalue weighted by Gasteiger charge is 2.37. The molecule has 2 aliphatic heterocycles. The molecule has 2 aromatic rings. The maximum Gasteiger partial charge on any atom is 0.250 e. The summed E-state index contributed by atoms with van der Waals surface area (Å²) < 4.78 is 13.1. The van der Waals surface area contributed by atoms with Gasteiger partial charge in [0, 0.05) is 38.9 Å². The third kappa shape index (κ3) is 3.27. The largest absolute Gasteiger partial charge is 0.368 e. The number of nitrogens with zero attached hydrogens (tertiary/aromatic N) is 3. The Bertz CT molecular complexity index is 860. The maximum atomic E-state index is 13.2. The highest BCUT2D eigenvalue weighted by atomic mass is 19.1. The van der Waals surface area contributed by atoms with Gasteiger partial charge in [-0.25, -0.2) is 4.39 Å². The predicted octanol–water partition coefficient (Wildman–Crippen LogP) is 2.23. The molecule has 0 spiro atoms. The Kier molecular flexibility index (Phi) is 4.56. The molecule has 4 rings (SSSR count).